The first kappa shape index (κ1) is 23.4. The van der Waals surface area contributed by atoms with Crippen LogP contribution in [0.5, 0.6) is 0 Å². The van der Waals surface area contributed by atoms with E-state index in [9.17, 15) is 0 Å². The Morgan fingerprint density at radius 2 is 1.86 bits per heavy atom. The molecule has 29 heavy (non-hydrogen) atoms. The van der Waals surface area contributed by atoms with E-state index in [-0.39, 0.29) is 24.0 Å². The topological polar surface area (TPSA) is 52.6 Å². The van der Waals surface area contributed by atoms with Crippen molar-refractivity contribution in [3.8, 4) is 0 Å². The van der Waals surface area contributed by atoms with Gasteiger partial charge in [-0.2, -0.15) is 0 Å². The Morgan fingerprint density at radius 3 is 2.55 bits per heavy atom. The number of benzene rings is 1. The van der Waals surface area contributed by atoms with E-state index in [2.05, 4.69) is 62.8 Å². The molecule has 6 heteroatoms. The van der Waals surface area contributed by atoms with Gasteiger partial charge in [0.15, 0.2) is 5.96 Å². The molecule has 0 saturated carbocycles. The van der Waals surface area contributed by atoms with Crippen LogP contribution in [-0.4, -0.2) is 49.1 Å². The number of anilines is 1. The molecule has 1 saturated heterocycles. The smallest absolute Gasteiger partial charge is 0.193 e. The van der Waals surface area contributed by atoms with Gasteiger partial charge in [-0.1, -0.05) is 43.3 Å². The van der Waals surface area contributed by atoms with Crippen molar-refractivity contribution in [2.45, 2.75) is 32.1 Å². The van der Waals surface area contributed by atoms with Gasteiger partial charge in [-0.05, 0) is 48.8 Å². The normalized spacial score (nSPS) is 19.4. The number of aromatic nitrogens is 1. The Kier molecular flexibility index (Phi) is 10.2. The second kappa shape index (κ2) is 12.7. The highest BCUT2D eigenvalue weighted by atomic mass is 127. The summed E-state index contributed by atoms with van der Waals surface area (Å²) in [6.45, 7) is 6.37. The number of piperidine rings is 1. The summed E-state index contributed by atoms with van der Waals surface area (Å²) < 4.78 is 0. The highest BCUT2D eigenvalue weighted by molar-refractivity contribution is 14.0. The summed E-state index contributed by atoms with van der Waals surface area (Å²) >= 11 is 0. The third-order valence-electron chi connectivity index (χ3n) is 5.50. The minimum absolute atomic E-state index is 0. The van der Waals surface area contributed by atoms with Crippen LogP contribution < -0.4 is 10.6 Å². The molecule has 0 spiro atoms. The van der Waals surface area contributed by atoms with E-state index >= 15 is 0 Å². The number of guanidine groups is 1. The highest BCUT2D eigenvalue weighted by Crippen LogP contribution is 2.32. The lowest BCUT2D eigenvalue weighted by atomic mass is 9.82. The standard InChI is InChI=1S/C23H33N5.HI/c1-19-18-28(17-13-21(19)20-10-4-3-5-11-20)23(24-2)27-16-9-8-15-26-22-12-6-7-14-25-22;/h3-7,10-12,14,19,21H,8-9,13,15-18H2,1-2H3,(H,24,27)(H,25,26);1H. The molecule has 0 radical (unpaired) electrons. The minimum Gasteiger partial charge on any atom is -0.370 e. The second-order valence-corrected chi connectivity index (χ2v) is 7.55. The SMILES string of the molecule is CN=C(NCCCCNc1ccccn1)N1CCC(c2ccccc2)C(C)C1.I. The fourth-order valence-electron chi connectivity index (χ4n) is 4.00. The van der Waals surface area contributed by atoms with Gasteiger partial charge in [0.25, 0.3) is 0 Å². The summed E-state index contributed by atoms with van der Waals surface area (Å²) in [7, 11) is 1.89. The van der Waals surface area contributed by atoms with Crippen LogP contribution in [0.4, 0.5) is 5.82 Å². The molecule has 1 fully saturated rings. The Bertz CT molecular complexity index is 723. The molecular weight excluding hydrogens is 473 g/mol. The lowest BCUT2D eigenvalue weighted by Crippen LogP contribution is -2.48. The third-order valence-corrected chi connectivity index (χ3v) is 5.50. The van der Waals surface area contributed by atoms with E-state index in [0.29, 0.717) is 11.8 Å². The van der Waals surface area contributed by atoms with Crippen molar-refractivity contribution in [3.05, 3.63) is 60.3 Å². The molecule has 1 aliphatic rings. The van der Waals surface area contributed by atoms with Gasteiger partial charge >= 0.3 is 0 Å². The number of pyridine rings is 1. The fraction of sp³-hybridized carbons (Fsp3) is 0.478. The Morgan fingerprint density at radius 1 is 1.10 bits per heavy atom. The summed E-state index contributed by atoms with van der Waals surface area (Å²) in [5.74, 6) is 3.25. The molecule has 0 amide bonds. The molecule has 1 aliphatic heterocycles. The first-order chi connectivity index (χ1) is 13.8. The minimum atomic E-state index is 0. The van der Waals surface area contributed by atoms with Gasteiger partial charge in [-0.3, -0.25) is 4.99 Å². The van der Waals surface area contributed by atoms with Gasteiger partial charge in [-0.15, -0.1) is 24.0 Å². The fourth-order valence-corrected chi connectivity index (χ4v) is 4.00. The second-order valence-electron chi connectivity index (χ2n) is 7.55. The quantitative estimate of drug-likeness (QED) is 0.249. The van der Waals surface area contributed by atoms with E-state index < -0.39 is 0 Å². The van der Waals surface area contributed by atoms with Crippen molar-refractivity contribution < 1.29 is 0 Å². The molecular formula is C23H34IN5. The summed E-state index contributed by atoms with van der Waals surface area (Å²) in [6, 6.07) is 16.9. The zero-order valence-corrected chi connectivity index (χ0v) is 19.9. The highest BCUT2D eigenvalue weighted by Gasteiger charge is 2.28. The Labute approximate surface area is 192 Å². The molecule has 2 unspecified atom stereocenters. The molecule has 2 heterocycles. The van der Waals surface area contributed by atoms with Gasteiger partial charge in [0.1, 0.15) is 5.82 Å². The molecule has 1 aromatic heterocycles. The maximum Gasteiger partial charge on any atom is 0.193 e. The van der Waals surface area contributed by atoms with Crippen LogP contribution in [0.1, 0.15) is 37.7 Å². The Balaban J connectivity index is 0.00000300. The van der Waals surface area contributed by atoms with Crippen LogP contribution in [0.25, 0.3) is 0 Å². The van der Waals surface area contributed by atoms with E-state index in [4.69, 9.17) is 0 Å². The summed E-state index contributed by atoms with van der Waals surface area (Å²) in [5, 5.41) is 6.90. The summed E-state index contributed by atoms with van der Waals surface area (Å²) in [5.41, 5.74) is 1.47. The molecule has 2 atom stereocenters. The number of unbranched alkanes of at least 4 members (excludes halogenated alkanes) is 1. The lowest BCUT2D eigenvalue weighted by Gasteiger charge is -2.39. The van der Waals surface area contributed by atoms with Crippen LogP contribution in [0, 0.1) is 5.92 Å². The van der Waals surface area contributed by atoms with Crippen molar-refractivity contribution in [1.82, 2.24) is 15.2 Å². The van der Waals surface area contributed by atoms with Crippen LogP contribution >= 0.6 is 24.0 Å². The monoisotopic (exact) mass is 507 g/mol. The van der Waals surface area contributed by atoms with Gasteiger partial charge in [0.05, 0.1) is 0 Å². The zero-order valence-electron chi connectivity index (χ0n) is 17.6. The number of nitrogens with zero attached hydrogens (tertiary/aromatic N) is 3. The predicted octanol–water partition coefficient (Wildman–Crippen LogP) is 4.59. The van der Waals surface area contributed by atoms with Gasteiger partial charge in [0, 0.05) is 39.4 Å². The van der Waals surface area contributed by atoms with E-state index in [1.807, 2.05) is 31.4 Å². The van der Waals surface area contributed by atoms with E-state index in [1.54, 1.807) is 0 Å². The van der Waals surface area contributed by atoms with Gasteiger partial charge < -0.3 is 15.5 Å². The maximum absolute atomic E-state index is 4.52. The zero-order chi connectivity index (χ0) is 19.6. The van der Waals surface area contributed by atoms with Crippen LogP contribution in [0.2, 0.25) is 0 Å². The first-order valence-corrected chi connectivity index (χ1v) is 10.4. The number of likely N-dealkylation sites (tertiary alicyclic amines) is 1. The number of hydrogen-bond acceptors (Lipinski definition) is 3. The summed E-state index contributed by atoms with van der Waals surface area (Å²) in [4.78, 5) is 11.2. The predicted molar refractivity (Wildman–Crippen MR) is 133 cm³/mol. The van der Waals surface area contributed by atoms with Crippen molar-refractivity contribution in [1.29, 1.82) is 0 Å². The molecule has 3 rings (SSSR count). The van der Waals surface area contributed by atoms with Crippen LogP contribution in [-0.2, 0) is 0 Å². The largest absolute Gasteiger partial charge is 0.370 e. The molecule has 5 nitrogen and oxygen atoms in total. The maximum atomic E-state index is 4.52. The van der Waals surface area contributed by atoms with E-state index in [0.717, 1.165) is 50.8 Å². The molecule has 158 valence electrons. The number of rotatable bonds is 7. The van der Waals surface area contributed by atoms with Crippen molar-refractivity contribution >= 4 is 35.8 Å². The van der Waals surface area contributed by atoms with Crippen LogP contribution in [0.15, 0.2) is 59.7 Å². The van der Waals surface area contributed by atoms with Gasteiger partial charge in [-0.25, -0.2) is 4.98 Å². The first-order valence-electron chi connectivity index (χ1n) is 10.4. The molecule has 0 bridgehead atoms. The van der Waals surface area contributed by atoms with E-state index in [1.165, 1.54) is 12.0 Å². The number of hydrogen-bond donors (Lipinski definition) is 2. The molecule has 2 aromatic rings. The number of halogens is 1. The third kappa shape index (κ3) is 7.17. The molecule has 0 aliphatic carbocycles. The average Bonchev–Trinajstić information content (AvgIpc) is 2.74. The summed E-state index contributed by atoms with van der Waals surface area (Å²) in [6.07, 6.45) is 5.21. The van der Waals surface area contributed by atoms with Gasteiger partial charge in [0.2, 0.25) is 0 Å². The van der Waals surface area contributed by atoms with Crippen molar-refractivity contribution in [3.63, 3.8) is 0 Å². The number of aliphatic imine (C=N–C) groups is 1. The average molecular weight is 507 g/mol. The number of nitrogens with one attached hydrogen (secondary N) is 2. The Hall–Kier alpha value is -1.83. The van der Waals surface area contributed by atoms with Crippen molar-refractivity contribution in [2.24, 2.45) is 10.9 Å². The molecule has 1 aromatic carbocycles. The van der Waals surface area contributed by atoms with Crippen molar-refractivity contribution in [2.75, 3.05) is 38.5 Å². The van der Waals surface area contributed by atoms with Crippen LogP contribution in [0.3, 0.4) is 0 Å². The lowest BCUT2D eigenvalue weighted by molar-refractivity contribution is 0.234. The molecule has 2 N–H and O–H groups in total.